The molecule has 1 unspecified atom stereocenters. The van der Waals surface area contributed by atoms with E-state index >= 15 is 0 Å². The van der Waals surface area contributed by atoms with Gasteiger partial charge in [-0.3, -0.25) is 4.79 Å². The summed E-state index contributed by atoms with van der Waals surface area (Å²) < 4.78 is 4.49. The van der Waals surface area contributed by atoms with Crippen molar-refractivity contribution in [1.82, 2.24) is 0 Å². The van der Waals surface area contributed by atoms with Gasteiger partial charge in [0, 0.05) is 18.3 Å². The van der Waals surface area contributed by atoms with Crippen LogP contribution in [0.1, 0.15) is 13.8 Å². The number of rotatable bonds is 5. The molecule has 1 rings (SSSR count). The molecule has 0 radical (unpaired) electrons. The summed E-state index contributed by atoms with van der Waals surface area (Å²) in [6, 6.07) is 6.96. The maximum Gasteiger partial charge on any atom is 0.339 e. The molecule has 3 N–H and O–H groups in total. The Kier molecular flexibility index (Phi) is 4.88. The Balaban J connectivity index is 2.67. The highest BCUT2D eigenvalue weighted by molar-refractivity contribution is 5.89. The highest BCUT2D eigenvalue weighted by Gasteiger charge is 2.31. The number of nitrogens with one attached hydrogen (secondary N) is 2. The third kappa shape index (κ3) is 4.59. The number of ether oxygens (including phenoxy) is 1. The molecular formula is C13H18N2O4. The van der Waals surface area contributed by atoms with E-state index < -0.39 is 11.6 Å². The highest BCUT2D eigenvalue weighted by atomic mass is 16.5. The number of benzene rings is 1. The van der Waals surface area contributed by atoms with Gasteiger partial charge >= 0.3 is 5.97 Å². The van der Waals surface area contributed by atoms with E-state index in [1.165, 1.54) is 21.0 Å². The fourth-order valence-electron chi connectivity index (χ4n) is 1.48. The van der Waals surface area contributed by atoms with E-state index in [0.717, 1.165) is 0 Å². The minimum Gasteiger partial charge on any atom is -0.467 e. The normalized spacial score (nSPS) is 13.3. The molecule has 0 aliphatic carbocycles. The number of esters is 1. The topological polar surface area (TPSA) is 87.7 Å². The molecule has 104 valence electrons. The Morgan fingerprint density at radius 2 is 2.00 bits per heavy atom. The molecule has 0 saturated carbocycles. The first-order valence-electron chi connectivity index (χ1n) is 5.77. The summed E-state index contributed by atoms with van der Waals surface area (Å²) in [4.78, 5) is 22.2. The lowest BCUT2D eigenvalue weighted by molar-refractivity contribution is -0.158. The van der Waals surface area contributed by atoms with Crippen molar-refractivity contribution >= 4 is 23.3 Å². The van der Waals surface area contributed by atoms with Crippen LogP contribution in [0.4, 0.5) is 11.4 Å². The molecule has 0 fully saturated rings. The number of amides is 1. The summed E-state index contributed by atoms with van der Waals surface area (Å²) in [6.45, 7) is 2.79. The van der Waals surface area contributed by atoms with Crippen LogP contribution >= 0.6 is 0 Å². The van der Waals surface area contributed by atoms with Crippen molar-refractivity contribution in [3.63, 3.8) is 0 Å². The Morgan fingerprint density at radius 1 is 1.37 bits per heavy atom. The summed E-state index contributed by atoms with van der Waals surface area (Å²) in [5, 5.41) is 15.4. The van der Waals surface area contributed by atoms with Crippen LogP contribution < -0.4 is 10.6 Å². The first-order valence-corrected chi connectivity index (χ1v) is 5.77. The Morgan fingerprint density at radius 3 is 2.58 bits per heavy atom. The molecule has 1 atom stereocenters. The summed E-state index contributed by atoms with van der Waals surface area (Å²) in [5.74, 6) is -0.878. The Labute approximate surface area is 111 Å². The van der Waals surface area contributed by atoms with Gasteiger partial charge in [-0.25, -0.2) is 4.79 Å². The van der Waals surface area contributed by atoms with E-state index in [1.54, 1.807) is 24.3 Å². The van der Waals surface area contributed by atoms with Crippen molar-refractivity contribution in [2.24, 2.45) is 0 Å². The minimum absolute atomic E-state index is 0.00317. The standard InChI is InChI=1S/C13H18N2O4/c1-9(16)15-11-6-4-5-10(7-11)14-8-13(2,18)12(17)19-3/h4-7,14,18H,8H2,1-3H3,(H,15,16). The second kappa shape index (κ2) is 6.19. The number of carbonyl (C=O) groups excluding carboxylic acids is 2. The summed E-state index contributed by atoms with van der Waals surface area (Å²) in [5.41, 5.74) is -0.302. The predicted molar refractivity (Wildman–Crippen MR) is 71.9 cm³/mol. The van der Waals surface area contributed by atoms with Crippen LogP contribution in [0.2, 0.25) is 0 Å². The van der Waals surface area contributed by atoms with Gasteiger partial charge in [0.1, 0.15) is 0 Å². The average molecular weight is 266 g/mol. The van der Waals surface area contributed by atoms with E-state index in [4.69, 9.17) is 0 Å². The Hall–Kier alpha value is -2.08. The third-order valence-corrected chi connectivity index (χ3v) is 2.44. The Bertz CT molecular complexity index is 471. The van der Waals surface area contributed by atoms with Crippen molar-refractivity contribution < 1.29 is 19.4 Å². The third-order valence-electron chi connectivity index (χ3n) is 2.44. The molecule has 0 heterocycles. The summed E-state index contributed by atoms with van der Waals surface area (Å²) in [6.07, 6.45) is 0. The van der Waals surface area contributed by atoms with Gasteiger partial charge in [-0.15, -0.1) is 0 Å². The molecule has 6 heteroatoms. The lowest BCUT2D eigenvalue weighted by Crippen LogP contribution is -2.42. The van der Waals surface area contributed by atoms with Gasteiger partial charge in [-0.2, -0.15) is 0 Å². The lowest BCUT2D eigenvalue weighted by Gasteiger charge is -2.21. The molecule has 0 aromatic heterocycles. The van der Waals surface area contributed by atoms with Gasteiger partial charge < -0.3 is 20.5 Å². The van der Waals surface area contributed by atoms with Crippen LogP contribution in [0.5, 0.6) is 0 Å². The van der Waals surface area contributed by atoms with Crippen molar-refractivity contribution in [3.05, 3.63) is 24.3 Å². The monoisotopic (exact) mass is 266 g/mol. The highest BCUT2D eigenvalue weighted by Crippen LogP contribution is 2.16. The smallest absolute Gasteiger partial charge is 0.339 e. The minimum atomic E-state index is -1.61. The fraction of sp³-hybridized carbons (Fsp3) is 0.385. The molecule has 0 aliphatic heterocycles. The average Bonchev–Trinajstić information content (AvgIpc) is 2.35. The molecule has 0 bridgehead atoms. The van der Waals surface area contributed by atoms with Crippen molar-refractivity contribution in [2.45, 2.75) is 19.4 Å². The molecule has 0 spiro atoms. The van der Waals surface area contributed by atoms with Crippen LogP contribution in [-0.4, -0.2) is 36.2 Å². The quantitative estimate of drug-likeness (QED) is 0.691. The van der Waals surface area contributed by atoms with Crippen LogP contribution in [-0.2, 0) is 14.3 Å². The van der Waals surface area contributed by atoms with Gasteiger partial charge in [0.25, 0.3) is 0 Å². The zero-order chi connectivity index (χ0) is 14.5. The van der Waals surface area contributed by atoms with E-state index in [2.05, 4.69) is 15.4 Å². The van der Waals surface area contributed by atoms with Gasteiger partial charge in [-0.1, -0.05) is 6.07 Å². The van der Waals surface area contributed by atoms with Crippen LogP contribution in [0, 0.1) is 0 Å². The van der Waals surface area contributed by atoms with E-state index in [1.807, 2.05) is 0 Å². The molecular weight excluding hydrogens is 248 g/mol. The van der Waals surface area contributed by atoms with Crippen molar-refractivity contribution in [1.29, 1.82) is 0 Å². The molecule has 1 aromatic carbocycles. The summed E-state index contributed by atoms with van der Waals surface area (Å²) in [7, 11) is 1.22. The largest absolute Gasteiger partial charge is 0.467 e. The second-order valence-corrected chi connectivity index (χ2v) is 4.38. The van der Waals surface area contributed by atoms with Gasteiger partial charge in [0.05, 0.1) is 13.7 Å². The maximum atomic E-state index is 11.3. The molecule has 0 saturated heterocycles. The maximum absolute atomic E-state index is 11.3. The molecule has 1 aromatic rings. The SMILES string of the molecule is COC(=O)C(C)(O)CNc1cccc(NC(C)=O)c1. The van der Waals surface area contributed by atoms with Gasteiger partial charge in [-0.05, 0) is 25.1 Å². The van der Waals surface area contributed by atoms with Crippen LogP contribution in [0.3, 0.4) is 0 Å². The number of hydrogen-bond acceptors (Lipinski definition) is 5. The lowest BCUT2D eigenvalue weighted by atomic mass is 10.1. The van der Waals surface area contributed by atoms with Gasteiger partial charge in [0.15, 0.2) is 5.60 Å². The van der Waals surface area contributed by atoms with E-state index in [0.29, 0.717) is 11.4 Å². The van der Waals surface area contributed by atoms with Crippen molar-refractivity contribution in [2.75, 3.05) is 24.3 Å². The first kappa shape index (κ1) is 15.0. The van der Waals surface area contributed by atoms with Gasteiger partial charge in [0.2, 0.25) is 5.91 Å². The zero-order valence-corrected chi connectivity index (χ0v) is 11.2. The number of methoxy groups -OCH3 is 1. The van der Waals surface area contributed by atoms with Crippen molar-refractivity contribution in [3.8, 4) is 0 Å². The molecule has 19 heavy (non-hydrogen) atoms. The van der Waals surface area contributed by atoms with Crippen LogP contribution in [0.25, 0.3) is 0 Å². The fourth-order valence-corrected chi connectivity index (χ4v) is 1.48. The number of hydrogen-bond donors (Lipinski definition) is 3. The van der Waals surface area contributed by atoms with E-state index in [-0.39, 0.29) is 12.5 Å². The first-order chi connectivity index (χ1) is 8.85. The van der Waals surface area contributed by atoms with E-state index in [9.17, 15) is 14.7 Å². The number of anilines is 2. The zero-order valence-electron chi connectivity index (χ0n) is 11.2. The number of aliphatic hydroxyl groups is 1. The molecule has 0 aliphatic rings. The number of carbonyl (C=O) groups is 2. The summed E-state index contributed by atoms with van der Waals surface area (Å²) >= 11 is 0. The predicted octanol–water partition coefficient (Wildman–Crippen LogP) is 0.981. The van der Waals surface area contributed by atoms with Crippen LogP contribution in [0.15, 0.2) is 24.3 Å². The second-order valence-electron chi connectivity index (χ2n) is 4.38. The molecule has 6 nitrogen and oxygen atoms in total. The molecule has 1 amide bonds.